The molecule has 0 saturated carbocycles. The third-order valence-corrected chi connectivity index (χ3v) is 3.95. The van der Waals surface area contributed by atoms with Gasteiger partial charge in [0.15, 0.2) is 10.8 Å². The van der Waals surface area contributed by atoms with Crippen LogP contribution in [0.25, 0.3) is 10.8 Å². The van der Waals surface area contributed by atoms with Crippen LogP contribution >= 0.6 is 11.3 Å². The third kappa shape index (κ3) is 3.31. The van der Waals surface area contributed by atoms with Crippen LogP contribution in [0.2, 0.25) is 0 Å². The number of primary amides is 1. The van der Waals surface area contributed by atoms with Crippen LogP contribution in [0.1, 0.15) is 4.88 Å². The Morgan fingerprint density at radius 3 is 2.82 bits per heavy atom. The van der Waals surface area contributed by atoms with Crippen LogP contribution in [0.3, 0.4) is 0 Å². The normalized spacial score (nSPS) is 14.9. The first-order valence-corrected chi connectivity index (χ1v) is 7.55. The second-order valence-corrected chi connectivity index (χ2v) is 5.92. The molecule has 0 atom stereocenters. The molecule has 0 aliphatic carbocycles. The summed E-state index contributed by atoms with van der Waals surface area (Å²) in [6.07, 6.45) is 0.840. The SMILES string of the molecule is Cc1cnc(-c2nc(OC(N)=O)cc(N3CCOCC3)n2)s1. The predicted octanol–water partition coefficient (Wildman–Crippen LogP) is 1.20. The molecular formula is C13H15N5O3S. The fourth-order valence-electron chi connectivity index (χ4n) is 2.08. The van der Waals surface area contributed by atoms with Crippen LogP contribution in [-0.4, -0.2) is 47.3 Å². The van der Waals surface area contributed by atoms with Crippen molar-refractivity contribution in [2.24, 2.45) is 5.73 Å². The number of ether oxygens (including phenoxy) is 2. The molecule has 1 amide bonds. The number of amides is 1. The summed E-state index contributed by atoms with van der Waals surface area (Å²) in [6.45, 7) is 4.63. The minimum atomic E-state index is -0.909. The molecule has 1 aliphatic heterocycles. The number of carbonyl (C=O) groups excluding carboxylic acids is 1. The standard InChI is InChI=1S/C13H15N5O3S/c1-8-7-15-12(22-8)11-16-9(18-2-4-20-5-3-18)6-10(17-11)21-13(14)19/h6-7H,2-5H2,1H3,(H2,14,19). The van der Waals surface area contributed by atoms with Gasteiger partial charge in [0.2, 0.25) is 5.88 Å². The van der Waals surface area contributed by atoms with Crippen LogP contribution in [-0.2, 0) is 4.74 Å². The highest BCUT2D eigenvalue weighted by Crippen LogP contribution is 2.27. The molecular weight excluding hydrogens is 306 g/mol. The Labute approximate surface area is 130 Å². The zero-order valence-electron chi connectivity index (χ0n) is 12.0. The number of hydrogen-bond acceptors (Lipinski definition) is 8. The number of morpholine rings is 1. The maximum absolute atomic E-state index is 11.0. The van der Waals surface area contributed by atoms with Crippen molar-refractivity contribution in [1.82, 2.24) is 15.0 Å². The van der Waals surface area contributed by atoms with Gasteiger partial charge in [-0.25, -0.2) is 14.8 Å². The van der Waals surface area contributed by atoms with Gasteiger partial charge in [-0.3, -0.25) is 0 Å². The number of aryl methyl sites for hydroxylation is 1. The molecule has 2 aromatic rings. The largest absolute Gasteiger partial charge is 0.411 e. The van der Waals surface area contributed by atoms with E-state index in [1.54, 1.807) is 12.3 Å². The van der Waals surface area contributed by atoms with Gasteiger partial charge >= 0.3 is 6.09 Å². The molecule has 0 aromatic carbocycles. The van der Waals surface area contributed by atoms with Crippen molar-refractivity contribution >= 4 is 23.2 Å². The Morgan fingerprint density at radius 2 is 2.18 bits per heavy atom. The molecule has 1 saturated heterocycles. The number of hydrogen-bond donors (Lipinski definition) is 1. The number of aromatic nitrogens is 3. The number of rotatable bonds is 3. The summed E-state index contributed by atoms with van der Waals surface area (Å²) in [5.74, 6) is 1.20. The van der Waals surface area contributed by atoms with Gasteiger partial charge in [0.1, 0.15) is 5.82 Å². The number of carbonyl (C=O) groups is 1. The molecule has 9 heteroatoms. The molecule has 0 bridgehead atoms. The summed E-state index contributed by atoms with van der Waals surface area (Å²) in [5.41, 5.74) is 5.08. The van der Waals surface area contributed by atoms with Gasteiger partial charge in [0.05, 0.1) is 13.2 Å². The first kappa shape index (κ1) is 14.7. The molecule has 1 aliphatic rings. The lowest BCUT2D eigenvalue weighted by Gasteiger charge is -2.28. The molecule has 22 heavy (non-hydrogen) atoms. The van der Waals surface area contributed by atoms with E-state index in [4.69, 9.17) is 15.2 Å². The van der Waals surface area contributed by atoms with Gasteiger partial charge in [-0.2, -0.15) is 4.98 Å². The molecule has 1 fully saturated rings. The van der Waals surface area contributed by atoms with E-state index in [0.717, 1.165) is 4.88 Å². The molecule has 0 spiro atoms. The summed E-state index contributed by atoms with van der Waals surface area (Å²) in [4.78, 5) is 27.1. The smallest absolute Gasteiger partial charge is 0.391 e. The highest BCUT2D eigenvalue weighted by Gasteiger charge is 2.18. The van der Waals surface area contributed by atoms with Gasteiger partial charge in [-0.05, 0) is 6.92 Å². The monoisotopic (exact) mass is 321 g/mol. The van der Waals surface area contributed by atoms with Crippen molar-refractivity contribution in [3.63, 3.8) is 0 Å². The van der Waals surface area contributed by atoms with Crippen LogP contribution in [0.15, 0.2) is 12.3 Å². The van der Waals surface area contributed by atoms with Crippen LogP contribution < -0.4 is 15.4 Å². The topological polar surface area (TPSA) is 103 Å². The van der Waals surface area contributed by atoms with E-state index in [2.05, 4.69) is 15.0 Å². The maximum atomic E-state index is 11.0. The van der Waals surface area contributed by atoms with Gasteiger partial charge in [0, 0.05) is 30.2 Å². The van der Waals surface area contributed by atoms with Gasteiger partial charge in [0.25, 0.3) is 0 Å². The van der Waals surface area contributed by atoms with Crippen LogP contribution in [0.4, 0.5) is 10.6 Å². The van der Waals surface area contributed by atoms with E-state index in [9.17, 15) is 4.79 Å². The lowest BCUT2D eigenvalue weighted by Crippen LogP contribution is -2.37. The minimum Gasteiger partial charge on any atom is -0.391 e. The average molecular weight is 321 g/mol. The Kier molecular flexibility index (Phi) is 4.16. The van der Waals surface area contributed by atoms with E-state index in [-0.39, 0.29) is 5.88 Å². The predicted molar refractivity (Wildman–Crippen MR) is 81.1 cm³/mol. The summed E-state index contributed by atoms with van der Waals surface area (Å²) in [6, 6.07) is 1.60. The highest BCUT2D eigenvalue weighted by molar-refractivity contribution is 7.14. The van der Waals surface area contributed by atoms with Crippen molar-refractivity contribution in [1.29, 1.82) is 0 Å². The molecule has 0 unspecified atom stereocenters. The van der Waals surface area contributed by atoms with E-state index < -0.39 is 6.09 Å². The molecule has 3 heterocycles. The van der Waals surface area contributed by atoms with Crippen LogP contribution in [0, 0.1) is 6.92 Å². The molecule has 0 radical (unpaired) electrons. The summed E-state index contributed by atoms with van der Waals surface area (Å²) in [5, 5.41) is 0.668. The lowest BCUT2D eigenvalue weighted by atomic mass is 10.4. The highest BCUT2D eigenvalue weighted by atomic mass is 32.1. The van der Waals surface area contributed by atoms with E-state index in [0.29, 0.717) is 43.0 Å². The molecule has 3 rings (SSSR count). The average Bonchev–Trinajstić information content (AvgIpc) is 2.94. The van der Waals surface area contributed by atoms with E-state index >= 15 is 0 Å². The number of nitrogens with zero attached hydrogens (tertiary/aromatic N) is 4. The maximum Gasteiger partial charge on any atom is 0.411 e. The number of nitrogens with two attached hydrogens (primary N) is 1. The fourth-order valence-corrected chi connectivity index (χ4v) is 2.77. The first-order chi connectivity index (χ1) is 10.6. The van der Waals surface area contributed by atoms with Gasteiger partial charge < -0.3 is 20.1 Å². The lowest BCUT2D eigenvalue weighted by molar-refractivity contribution is 0.122. The van der Waals surface area contributed by atoms with Gasteiger partial charge in [-0.15, -0.1) is 11.3 Å². The first-order valence-electron chi connectivity index (χ1n) is 6.73. The Hall–Kier alpha value is -2.26. The molecule has 116 valence electrons. The zero-order chi connectivity index (χ0) is 15.5. The Balaban J connectivity index is 1.99. The zero-order valence-corrected chi connectivity index (χ0v) is 12.8. The molecule has 2 aromatic heterocycles. The summed E-state index contributed by atoms with van der Waals surface area (Å²) in [7, 11) is 0. The summed E-state index contributed by atoms with van der Waals surface area (Å²) < 4.78 is 10.3. The second kappa shape index (κ2) is 6.24. The Morgan fingerprint density at radius 1 is 1.41 bits per heavy atom. The van der Waals surface area contributed by atoms with E-state index in [1.165, 1.54) is 11.3 Å². The molecule has 2 N–H and O–H groups in total. The second-order valence-electron chi connectivity index (χ2n) is 4.68. The van der Waals surface area contributed by atoms with E-state index in [1.807, 2.05) is 11.8 Å². The third-order valence-electron chi connectivity index (χ3n) is 3.04. The van der Waals surface area contributed by atoms with Crippen molar-refractivity contribution in [2.75, 3.05) is 31.2 Å². The summed E-state index contributed by atoms with van der Waals surface area (Å²) >= 11 is 1.47. The van der Waals surface area contributed by atoms with Crippen molar-refractivity contribution in [3.8, 4) is 16.7 Å². The number of anilines is 1. The molecule has 8 nitrogen and oxygen atoms in total. The minimum absolute atomic E-state index is 0.117. The fraction of sp³-hybridized carbons (Fsp3) is 0.385. The van der Waals surface area contributed by atoms with Gasteiger partial charge in [-0.1, -0.05) is 0 Å². The van der Waals surface area contributed by atoms with Crippen molar-refractivity contribution in [2.45, 2.75) is 6.92 Å². The quantitative estimate of drug-likeness (QED) is 0.906. The van der Waals surface area contributed by atoms with Crippen molar-refractivity contribution < 1.29 is 14.3 Å². The Bertz CT molecular complexity index is 684. The van der Waals surface area contributed by atoms with Crippen LogP contribution in [0.5, 0.6) is 5.88 Å². The number of thiazole rings is 1. The van der Waals surface area contributed by atoms with Crippen molar-refractivity contribution in [3.05, 3.63) is 17.1 Å².